The smallest absolute Gasteiger partial charge is 0.310 e. The van der Waals surface area contributed by atoms with E-state index in [1.165, 1.54) is 17.9 Å². The fourth-order valence-corrected chi connectivity index (χ4v) is 3.75. The zero-order valence-electron chi connectivity index (χ0n) is 9.24. The maximum atomic E-state index is 11.1. The number of carboxylic acids is 1. The molecular formula is C11H19NO2S. The van der Waals surface area contributed by atoms with E-state index in [4.69, 9.17) is 5.11 Å². The molecule has 2 atom stereocenters. The molecule has 86 valence electrons. The number of carbonyl (C=O) groups is 1. The molecule has 2 rings (SSSR count). The molecule has 15 heavy (non-hydrogen) atoms. The summed E-state index contributed by atoms with van der Waals surface area (Å²) >= 11 is 2.03. The Bertz CT molecular complexity index is 253. The number of hydrogen-bond donors (Lipinski definition) is 1. The molecular weight excluding hydrogens is 210 g/mol. The highest BCUT2D eigenvalue weighted by molar-refractivity contribution is 7.99. The van der Waals surface area contributed by atoms with Crippen molar-refractivity contribution in [2.45, 2.75) is 19.8 Å². The van der Waals surface area contributed by atoms with Gasteiger partial charge in [-0.1, -0.05) is 0 Å². The Kier molecular flexibility index (Phi) is 3.26. The van der Waals surface area contributed by atoms with Crippen LogP contribution in [0.25, 0.3) is 0 Å². The molecule has 0 aromatic heterocycles. The Morgan fingerprint density at radius 3 is 3.00 bits per heavy atom. The molecule has 0 amide bonds. The molecule has 1 N–H and O–H groups in total. The molecule has 4 heteroatoms. The lowest BCUT2D eigenvalue weighted by molar-refractivity contribution is -0.147. The third-order valence-corrected chi connectivity index (χ3v) is 4.84. The lowest BCUT2D eigenvalue weighted by Crippen LogP contribution is -2.34. The van der Waals surface area contributed by atoms with Crippen LogP contribution in [0.5, 0.6) is 0 Å². The van der Waals surface area contributed by atoms with Gasteiger partial charge < -0.3 is 10.0 Å². The van der Waals surface area contributed by atoms with Crippen LogP contribution in [0.1, 0.15) is 19.8 Å². The topological polar surface area (TPSA) is 40.5 Å². The lowest BCUT2D eigenvalue weighted by Gasteiger charge is -2.22. The van der Waals surface area contributed by atoms with Crippen molar-refractivity contribution in [3.63, 3.8) is 0 Å². The summed E-state index contributed by atoms with van der Waals surface area (Å²) in [6.45, 7) is 4.68. The Morgan fingerprint density at radius 2 is 2.47 bits per heavy atom. The second-order valence-electron chi connectivity index (χ2n) is 5.08. The predicted octanol–water partition coefficient (Wildman–Crippen LogP) is 1.54. The molecule has 2 saturated heterocycles. The van der Waals surface area contributed by atoms with E-state index in [2.05, 4.69) is 4.90 Å². The van der Waals surface area contributed by atoms with E-state index in [9.17, 15) is 4.79 Å². The summed E-state index contributed by atoms with van der Waals surface area (Å²) in [6.07, 6.45) is 2.12. The van der Waals surface area contributed by atoms with E-state index < -0.39 is 11.4 Å². The highest BCUT2D eigenvalue weighted by Crippen LogP contribution is 2.32. The minimum atomic E-state index is -0.634. The van der Waals surface area contributed by atoms with Crippen LogP contribution in [0.4, 0.5) is 0 Å². The van der Waals surface area contributed by atoms with Gasteiger partial charge in [0.25, 0.3) is 0 Å². The third-order valence-electron chi connectivity index (χ3n) is 3.61. The second-order valence-corrected chi connectivity index (χ2v) is 6.23. The molecule has 0 saturated carbocycles. The van der Waals surface area contributed by atoms with Gasteiger partial charge in [-0.2, -0.15) is 11.8 Å². The zero-order chi connectivity index (χ0) is 10.9. The molecule has 0 aromatic carbocycles. The van der Waals surface area contributed by atoms with Crippen LogP contribution < -0.4 is 0 Å². The van der Waals surface area contributed by atoms with Crippen molar-refractivity contribution in [2.24, 2.45) is 11.3 Å². The highest BCUT2D eigenvalue weighted by atomic mass is 32.2. The molecule has 2 heterocycles. The van der Waals surface area contributed by atoms with E-state index in [0.717, 1.165) is 32.0 Å². The molecule has 0 bridgehead atoms. The monoisotopic (exact) mass is 229 g/mol. The average molecular weight is 229 g/mol. The van der Waals surface area contributed by atoms with Crippen molar-refractivity contribution in [3.05, 3.63) is 0 Å². The van der Waals surface area contributed by atoms with E-state index in [-0.39, 0.29) is 0 Å². The maximum absolute atomic E-state index is 11.1. The number of carboxylic acid groups (broad SMARTS) is 1. The summed E-state index contributed by atoms with van der Waals surface area (Å²) in [6, 6.07) is 0. The van der Waals surface area contributed by atoms with Gasteiger partial charge in [-0.15, -0.1) is 0 Å². The minimum Gasteiger partial charge on any atom is -0.481 e. The molecule has 2 fully saturated rings. The summed E-state index contributed by atoms with van der Waals surface area (Å²) in [5, 5.41) is 9.12. The van der Waals surface area contributed by atoms with E-state index in [1.807, 2.05) is 18.7 Å². The van der Waals surface area contributed by atoms with E-state index in [1.54, 1.807) is 0 Å². The van der Waals surface area contributed by atoms with Crippen LogP contribution in [0, 0.1) is 11.3 Å². The number of nitrogens with zero attached hydrogens (tertiary/aromatic N) is 1. The summed E-state index contributed by atoms with van der Waals surface area (Å²) < 4.78 is 0. The van der Waals surface area contributed by atoms with Gasteiger partial charge >= 0.3 is 5.97 Å². The van der Waals surface area contributed by atoms with Gasteiger partial charge in [0.05, 0.1) is 5.41 Å². The largest absolute Gasteiger partial charge is 0.481 e. The van der Waals surface area contributed by atoms with Crippen LogP contribution >= 0.6 is 11.8 Å². The number of aliphatic carboxylic acids is 1. The van der Waals surface area contributed by atoms with Gasteiger partial charge in [-0.3, -0.25) is 4.79 Å². The fraction of sp³-hybridized carbons (Fsp3) is 0.909. The number of likely N-dealkylation sites (tertiary alicyclic amines) is 1. The molecule has 0 radical (unpaired) electrons. The number of thioether (sulfide) groups is 1. The molecule has 0 spiro atoms. The van der Waals surface area contributed by atoms with Crippen molar-refractivity contribution < 1.29 is 9.90 Å². The quantitative estimate of drug-likeness (QED) is 0.797. The third kappa shape index (κ3) is 2.48. The molecule has 2 aliphatic heterocycles. The van der Waals surface area contributed by atoms with Crippen LogP contribution in [-0.4, -0.2) is 47.1 Å². The predicted molar refractivity (Wildman–Crippen MR) is 62.2 cm³/mol. The second kappa shape index (κ2) is 4.34. The summed E-state index contributed by atoms with van der Waals surface area (Å²) in [4.78, 5) is 13.4. The summed E-state index contributed by atoms with van der Waals surface area (Å²) in [7, 11) is 0. The first-order valence-corrected chi connectivity index (χ1v) is 6.79. The maximum Gasteiger partial charge on any atom is 0.310 e. The van der Waals surface area contributed by atoms with Gasteiger partial charge in [-0.05, 0) is 43.7 Å². The van der Waals surface area contributed by atoms with Crippen LogP contribution in [-0.2, 0) is 4.79 Å². The highest BCUT2D eigenvalue weighted by Gasteiger charge is 2.40. The van der Waals surface area contributed by atoms with Crippen LogP contribution in [0.2, 0.25) is 0 Å². The summed E-state index contributed by atoms with van der Waals surface area (Å²) in [5.74, 6) is 2.71. The summed E-state index contributed by atoms with van der Waals surface area (Å²) in [5.41, 5.74) is -0.494. The SMILES string of the molecule is CC1(C(=O)O)CCN(CC2CCSC2)C1. The standard InChI is InChI=1S/C11H19NO2S/c1-11(10(13)14)3-4-12(8-11)6-9-2-5-15-7-9/h9H,2-8H2,1H3,(H,13,14). The molecule has 0 aliphatic carbocycles. The Balaban J connectivity index is 1.84. The van der Waals surface area contributed by atoms with Crippen molar-refractivity contribution in [3.8, 4) is 0 Å². The van der Waals surface area contributed by atoms with Crippen molar-refractivity contribution in [1.82, 2.24) is 4.90 Å². The molecule has 0 aromatic rings. The Labute approximate surface area is 95.2 Å². The number of rotatable bonds is 3. The first-order chi connectivity index (χ1) is 7.10. The molecule has 3 nitrogen and oxygen atoms in total. The first-order valence-electron chi connectivity index (χ1n) is 5.64. The van der Waals surface area contributed by atoms with Gasteiger partial charge in [-0.25, -0.2) is 0 Å². The molecule has 2 aliphatic rings. The zero-order valence-corrected chi connectivity index (χ0v) is 10.1. The molecule has 2 unspecified atom stereocenters. The van der Waals surface area contributed by atoms with Crippen molar-refractivity contribution >= 4 is 17.7 Å². The van der Waals surface area contributed by atoms with E-state index in [0.29, 0.717) is 0 Å². The average Bonchev–Trinajstić information content (AvgIpc) is 2.77. The first kappa shape index (κ1) is 11.3. The normalized spacial score (nSPS) is 37.3. The lowest BCUT2D eigenvalue weighted by atomic mass is 9.90. The number of hydrogen-bond acceptors (Lipinski definition) is 3. The van der Waals surface area contributed by atoms with Gasteiger partial charge in [0.15, 0.2) is 0 Å². The van der Waals surface area contributed by atoms with Crippen molar-refractivity contribution in [2.75, 3.05) is 31.1 Å². The minimum absolute atomic E-state index is 0.494. The fourth-order valence-electron chi connectivity index (χ4n) is 2.48. The van der Waals surface area contributed by atoms with Gasteiger partial charge in [0.2, 0.25) is 0 Å². The van der Waals surface area contributed by atoms with Gasteiger partial charge in [0.1, 0.15) is 0 Å². The van der Waals surface area contributed by atoms with Crippen LogP contribution in [0.3, 0.4) is 0 Å². The van der Waals surface area contributed by atoms with E-state index >= 15 is 0 Å². The van der Waals surface area contributed by atoms with Crippen LogP contribution in [0.15, 0.2) is 0 Å². The Morgan fingerprint density at radius 1 is 1.67 bits per heavy atom. The Hall–Kier alpha value is -0.220. The van der Waals surface area contributed by atoms with Gasteiger partial charge in [0, 0.05) is 13.1 Å². The van der Waals surface area contributed by atoms with Crippen molar-refractivity contribution in [1.29, 1.82) is 0 Å².